The van der Waals surface area contributed by atoms with Crippen LogP contribution >= 0.6 is 0 Å². The van der Waals surface area contributed by atoms with E-state index in [-0.39, 0.29) is 36.9 Å². The molecule has 1 atom stereocenters. The highest BCUT2D eigenvalue weighted by molar-refractivity contribution is 5.79. The zero-order valence-corrected chi connectivity index (χ0v) is 15.1. The van der Waals surface area contributed by atoms with Gasteiger partial charge in [0.1, 0.15) is 12.6 Å². The number of nitrogens with one attached hydrogen (secondary N) is 1. The van der Waals surface area contributed by atoms with Gasteiger partial charge in [0.15, 0.2) is 5.75 Å². The molecule has 1 amide bonds. The summed E-state index contributed by atoms with van der Waals surface area (Å²) in [6.07, 6.45) is -1.24. The van der Waals surface area contributed by atoms with Gasteiger partial charge in [0.25, 0.3) is 5.43 Å². The van der Waals surface area contributed by atoms with E-state index in [1.807, 2.05) is 6.07 Å². The van der Waals surface area contributed by atoms with Crippen molar-refractivity contribution in [3.63, 3.8) is 0 Å². The van der Waals surface area contributed by atoms with Crippen LogP contribution in [-0.2, 0) is 22.6 Å². The molecular weight excluding hydrogens is 354 g/mol. The molecule has 0 fully saturated rings. The van der Waals surface area contributed by atoms with Gasteiger partial charge in [-0.15, -0.1) is 0 Å². The molecule has 0 saturated heterocycles. The normalized spacial score (nSPS) is 12.0. The number of ether oxygens (including phenoxy) is 2. The first-order valence-electron chi connectivity index (χ1n) is 8.48. The van der Waals surface area contributed by atoms with E-state index in [2.05, 4.69) is 5.32 Å². The van der Waals surface area contributed by atoms with E-state index in [9.17, 15) is 24.3 Å². The monoisotopic (exact) mass is 375 g/mol. The predicted molar refractivity (Wildman–Crippen MR) is 96.6 cm³/mol. The Hall–Kier alpha value is -3.16. The summed E-state index contributed by atoms with van der Waals surface area (Å²) in [4.78, 5) is 46.4. The Morgan fingerprint density at radius 2 is 1.78 bits per heavy atom. The zero-order chi connectivity index (χ0) is 20.0. The highest BCUT2D eigenvalue weighted by atomic mass is 16.5. The van der Waals surface area contributed by atoms with Gasteiger partial charge < -0.3 is 19.9 Å². The molecule has 8 nitrogen and oxygen atoms in total. The standard InChI is InChI=1S/C19H21NO7/c1-11(2)27-17-13(15(21)16(17)22)8-9-14(18(23)24)20-19(25)26-10-12-6-4-3-5-7-12/h3-7,11,14H,8-10H2,1-2H3,(H,20,25)(H,23,24)/t14-/m0/s1. The summed E-state index contributed by atoms with van der Waals surface area (Å²) in [5.41, 5.74) is -0.472. The number of hydrogen-bond acceptors (Lipinski definition) is 6. The molecule has 0 aromatic heterocycles. The van der Waals surface area contributed by atoms with E-state index in [0.717, 1.165) is 5.56 Å². The first-order chi connectivity index (χ1) is 12.8. The van der Waals surface area contributed by atoms with Crippen molar-refractivity contribution in [3.05, 3.63) is 61.9 Å². The van der Waals surface area contributed by atoms with E-state index in [1.54, 1.807) is 38.1 Å². The summed E-state index contributed by atoms with van der Waals surface area (Å²) in [6, 6.07) is 7.68. The van der Waals surface area contributed by atoms with Gasteiger partial charge in [-0.3, -0.25) is 9.59 Å². The van der Waals surface area contributed by atoms with E-state index in [0.29, 0.717) is 0 Å². The Labute approximate surface area is 155 Å². The molecule has 0 aliphatic carbocycles. The van der Waals surface area contributed by atoms with Gasteiger partial charge in [-0.05, 0) is 32.3 Å². The van der Waals surface area contributed by atoms with Crippen molar-refractivity contribution in [2.75, 3.05) is 0 Å². The predicted octanol–water partition coefficient (Wildman–Crippen LogP) is 1.38. The molecule has 0 radical (unpaired) electrons. The summed E-state index contributed by atoms with van der Waals surface area (Å²) >= 11 is 0. The molecule has 0 aliphatic heterocycles. The van der Waals surface area contributed by atoms with Gasteiger partial charge in [0.05, 0.1) is 11.7 Å². The third-order valence-corrected chi connectivity index (χ3v) is 3.80. The van der Waals surface area contributed by atoms with Gasteiger partial charge in [0.2, 0.25) is 5.43 Å². The number of benzene rings is 1. The lowest BCUT2D eigenvalue weighted by Crippen LogP contribution is -2.43. The zero-order valence-electron chi connectivity index (χ0n) is 15.1. The molecule has 0 spiro atoms. The van der Waals surface area contributed by atoms with Crippen LogP contribution in [0.25, 0.3) is 0 Å². The highest BCUT2D eigenvalue weighted by Crippen LogP contribution is 2.16. The van der Waals surface area contributed by atoms with E-state index in [1.165, 1.54) is 0 Å². The molecular formula is C19H21NO7. The molecule has 0 heterocycles. The molecule has 2 N–H and O–H groups in total. The minimum atomic E-state index is -1.27. The SMILES string of the molecule is CC(C)Oc1c(CC[C@H](NC(=O)OCc2ccccc2)C(=O)O)c(=O)c1=O. The first kappa shape index (κ1) is 20.2. The lowest BCUT2D eigenvalue weighted by Gasteiger charge is -2.17. The van der Waals surface area contributed by atoms with Crippen LogP contribution in [0.2, 0.25) is 0 Å². The summed E-state index contributed by atoms with van der Waals surface area (Å²) in [5.74, 6) is -1.29. The fourth-order valence-corrected chi connectivity index (χ4v) is 2.46. The Morgan fingerprint density at radius 3 is 2.37 bits per heavy atom. The van der Waals surface area contributed by atoms with Crippen molar-refractivity contribution in [2.24, 2.45) is 0 Å². The minimum Gasteiger partial charge on any atom is -0.486 e. The quantitative estimate of drug-likeness (QED) is 0.636. The largest absolute Gasteiger partial charge is 0.486 e. The molecule has 2 rings (SSSR count). The van der Waals surface area contributed by atoms with Crippen LogP contribution in [0.5, 0.6) is 5.75 Å². The second kappa shape index (κ2) is 8.98. The summed E-state index contributed by atoms with van der Waals surface area (Å²) in [7, 11) is 0. The van der Waals surface area contributed by atoms with Gasteiger partial charge in [-0.2, -0.15) is 0 Å². The fourth-order valence-electron chi connectivity index (χ4n) is 2.46. The number of carboxylic acids is 1. The number of alkyl carbamates (subject to hydrolysis) is 1. The second-order valence-corrected chi connectivity index (χ2v) is 6.27. The molecule has 27 heavy (non-hydrogen) atoms. The molecule has 144 valence electrons. The van der Waals surface area contributed by atoms with Crippen LogP contribution in [0.3, 0.4) is 0 Å². The lowest BCUT2D eigenvalue weighted by molar-refractivity contribution is -0.139. The number of hydrogen-bond donors (Lipinski definition) is 2. The number of carbonyl (C=O) groups excluding carboxylic acids is 1. The maximum atomic E-state index is 11.8. The number of carboxylic acid groups (broad SMARTS) is 1. The topological polar surface area (TPSA) is 119 Å². The fraction of sp³-hybridized carbons (Fsp3) is 0.368. The van der Waals surface area contributed by atoms with Crippen molar-refractivity contribution < 1.29 is 24.2 Å². The number of rotatable bonds is 9. The summed E-state index contributed by atoms with van der Waals surface area (Å²) < 4.78 is 10.3. The highest BCUT2D eigenvalue weighted by Gasteiger charge is 2.27. The van der Waals surface area contributed by atoms with E-state index < -0.39 is 29.0 Å². The van der Waals surface area contributed by atoms with Crippen LogP contribution in [0, 0.1) is 0 Å². The summed E-state index contributed by atoms with van der Waals surface area (Å²) in [6.45, 7) is 3.43. The van der Waals surface area contributed by atoms with Crippen LogP contribution < -0.4 is 20.9 Å². The van der Waals surface area contributed by atoms with Crippen molar-refractivity contribution in [1.82, 2.24) is 5.32 Å². The molecule has 0 saturated carbocycles. The van der Waals surface area contributed by atoms with Gasteiger partial charge in [-0.1, -0.05) is 30.3 Å². The molecule has 2 aromatic carbocycles. The van der Waals surface area contributed by atoms with Crippen molar-refractivity contribution in [2.45, 2.75) is 45.4 Å². The van der Waals surface area contributed by atoms with Gasteiger partial charge in [0, 0.05) is 0 Å². The number of aliphatic carboxylic acids is 1. The Bertz CT molecular complexity index is 866. The van der Waals surface area contributed by atoms with Crippen molar-refractivity contribution >= 4 is 12.1 Å². The molecule has 0 unspecified atom stereocenters. The molecule has 8 heteroatoms. The molecule has 0 aliphatic rings. The van der Waals surface area contributed by atoms with Crippen molar-refractivity contribution in [3.8, 4) is 5.75 Å². The van der Waals surface area contributed by atoms with Gasteiger partial charge in [-0.25, -0.2) is 9.59 Å². The van der Waals surface area contributed by atoms with Crippen LogP contribution in [0.4, 0.5) is 4.79 Å². The Morgan fingerprint density at radius 1 is 1.11 bits per heavy atom. The number of amides is 1. The first-order valence-corrected chi connectivity index (χ1v) is 8.48. The minimum absolute atomic E-state index is 0.00254. The van der Waals surface area contributed by atoms with Crippen LogP contribution in [0.1, 0.15) is 31.4 Å². The van der Waals surface area contributed by atoms with Crippen LogP contribution in [0.15, 0.2) is 39.9 Å². The Balaban J connectivity index is 1.91. The third kappa shape index (κ3) is 5.40. The van der Waals surface area contributed by atoms with E-state index in [4.69, 9.17) is 9.47 Å². The average molecular weight is 375 g/mol. The molecule has 0 bridgehead atoms. The summed E-state index contributed by atoms with van der Waals surface area (Å²) in [5, 5.41) is 11.5. The smallest absolute Gasteiger partial charge is 0.408 e. The lowest BCUT2D eigenvalue weighted by atomic mass is 10.0. The maximum Gasteiger partial charge on any atom is 0.408 e. The Kier molecular flexibility index (Phi) is 6.70. The third-order valence-electron chi connectivity index (χ3n) is 3.80. The molecule has 2 aromatic rings. The van der Waals surface area contributed by atoms with E-state index >= 15 is 0 Å². The number of carbonyl (C=O) groups is 2. The second-order valence-electron chi connectivity index (χ2n) is 6.27. The average Bonchev–Trinajstić information content (AvgIpc) is 2.64. The van der Waals surface area contributed by atoms with Gasteiger partial charge >= 0.3 is 12.1 Å². The maximum absolute atomic E-state index is 11.8. The van der Waals surface area contributed by atoms with Crippen LogP contribution in [-0.4, -0.2) is 29.3 Å². The van der Waals surface area contributed by atoms with Crippen molar-refractivity contribution in [1.29, 1.82) is 0 Å².